The molecule has 1 aliphatic rings. The number of nitrogens with zero attached hydrogens (tertiary/aromatic N) is 3. The summed E-state index contributed by atoms with van der Waals surface area (Å²) in [7, 11) is -3.69. The summed E-state index contributed by atoms with van der Waals surface area (Å²) in [5.74, 6) is 0.928. The molecule has 0 saturated heterocycles. The number of benzene rings is 1. The summed E-state index contributed by atoms with van der Waals surface area (Å²) in [5, 5.41) is 8.35. The number of nitrogens with one attached hydrogen (secondary N) is 1. The molecule has 0 spiro atoms. The monoisotopic (exact) mass is 444 g/mol. The predicted octanol–water partition coefficient (Wildman–Crippen LogP) is 1.63. The maximum atomic E-state index is 12.2. The fraction of sp³-hybridized carbons (Fsp3) is 0.381. The van der Waals surface area contributed by atoms with Gasteiger partial charge >= 0.3 is 0 Å². The van der Waals surface area contributed by atoms with Crippen molar-refractivity contribution in [3.8, 4) is 0 Å². The molecule has 0 fully saturated rings. The van der Waals surface area contributed by atoms with Crippen LogP contribution in [0.4, 0.5) is 11.8 Å². The van der Waals surface area contributed by atoms with E-state index in [2.05, 4.69) is 15.3 Å². The van der Waals surface area contributed by atoms with Gasteiger partial charge in [0.1, 0.15) is 5.82 Å². The molecule has 0 radical (unpaired) electrons. The molecule has 0 aliphatic carbocycles. The summed E-state index contributed by atoms with van der Waals surface area (Å²) in [6.07, 6.45) is 3.40. The van der Waals surface area contributed by atoms with Gasteiger partial charge in [0.15, 0.2) is 0 Å². The Morgan fingerprint density at radius 1 is 1.23 bits per heavy atom. The summed E-state index contributed by atoms with van der Waals surface area (Å²) in [5.41, 5.74) is 8.66. The second-order valence-corrected chi connectivity index (χ2v) is 9.34. The third kappa shape index (κ3) is 6.02. The SMILES string of the molecule is CC(C)C(=O)N1CC=C(c2cc(NCCc3ccc(S(N)(=O)=O)cc3)nc(N)n2)CC1. The van der Waals surface area contributed by atoms with E-state index in [-0.39, 0.29) is 22.7 Å². The Balaban J connectivity index is 1.62. The maximum absolute atomic E-state index is 12.2. The zero-order chi connectivity index (χ0) is 22.6. The molecule has 0 unspecified atom stereocenters. The smallest absolute Gasteiger partial charge is 0.238 e. The summed E-state index contributed by atoms with van der Waals surface area (Å²) >= 11 is 0. The Morgan fingerprint density at radius 3 is 2.52 bits per heavy atom. The number of carbonyl (C=O) groups is 1. The molecule has 9 nitrogen and oxygen atoms in total. The Kier molecular flexibility index (Phi) is 6.91. The van der Waals surface area contributed by atoms with Crippen molar-refractivity contribution in [1.29, 1.82) is 0 Å². The number of nitrogens with two attached hydrogens (primary N) is 2. The minimum atomic E-state index is -3.69. The van der Waals surface area contributed by atoms with Crippen LogP contribution in [-0.4, -0.2) is 48.8 Å². The maximum Gasteiger partial charge on any atom is 0.238 e. The first-order valence-corrected chi connectivity index (χ1v) is 11.7. The number of carbonyl (C=O) groups excluding carboxylic acids is 1. The van der Waals surface area contributed by atoms with Gasteiger partial charge in [-0.1, -0.05) is 32.1 Å². The van der Waals surface area contributed by atoms with Gasteiger partial charge in [0.05, 0.1) is 10.6 Å². The third-order valence-corrected chi connectivity index (χ3v) is 5.99. The highest BCUT2D eigenvalue weighted by molar-refractivity contribution is 7.89. The van der Waals surface area contributed by atoms with Crippen molar-refractivity contribution in [2.45, 2.75) is 31.6 Å². The molecule has 2 heterocycles. The van der Waals surface area contributed by atoms with Gasteiger partial charge in [0.25, 0.3) is 0 Å². The van der Waals surface area contributed by atoms with Crippen LogP contribution >= 0.6 is 0 Å². The molecule has 3 rings (SSSR count). The van der Waals surface area contributed by atoms with E-state index in [0.717, 1.165) is 16.8 Å². The van der Waals surface area contributed by atoms with E-state index in [4.69, 9.17) is 10.9 Å². The van der Waals surface area contributed by atoms with Crippen LogP contribution in [0.2, 0.25) is 0 Å². The number of sulfonamides is 1. The number of primary sulfonamides is 1. The van der Waals surface area contributed by atoms with Gasteiger partial charge < -0.3 is 16.0 Å². The second kappa shape index (κ2) is 9.44. The lowest BCUT2D eigenvalue weighted by molar-refractivity contribution is -0.134. The molecule has 166 valence electrons. The highest BCUT2D eigenvalue weighted by Crippen LogP contribution is 2.24. The lowest BCUT2D eigenvalue weighted by atomic mass is 10.0. The topological polar surface area (TPSA) is 144 Å². The highest BCUT2D eigenvalue weighted by atomic mass is 32.2. The van der Waals surface area contributed by atoms with E-state index < -0.39 is 10.0 Å². The minimum absolute atomic E-state index is 0.0173. The second-order valence-electron chi connectivity index (χ2n) is 7.78. The third-order valence-electron chi connectivity index (χ3n) is 5.06. The average molecular weight is 445 g/mol. The van der Waals surface area contributed by atoms with Crippen molar-refractivity contribution in [3.05, 3.63) is 47.7 Å². The van der Waals surface area contributed by atoms with E-state index in [1.807, 2.05) is 30.9 Å². The van der Waals surface area contributed by atoms with Crippen molar-refractivity contribution < 1.29 is 13.2 Å². The van der Waals surface area contributed by atoms with Crippen molar-refractivity contribution in [3.63, 3.8) is 0 Å². The predicted molar refractivity (Wildman–Crippen MR) is 120 cm³/mol. The lowest BCUT2D eigenvalue weighted by Crippen LogP contribution is -2.37. The Morgan fingerprint density at radius 2 is 1.94 bits per heavy atom. The first-order valence-electron chi connectivity index (χ1n) is 10.1. The normalized spacial score (nSPS) is 14.5. The quantitative estimate of drug-likeness (QED) is 0.588. The molecule has 5 N–H and O–H groups in total. The standard InChI is InChI=1S/C21H28N6O3S/c1-14(2)20(28)27-11-8-16(9-12-27)18-13-19(26-21(22)25-18)24-10-7-15-3-5-17(6-4-15)31(23,29)30/h3-6,8,13-14H,7,9-12H2,1-2H3,(H2,23,29,30)(H3,22,24,25,26). The zero-order valence-corrected chi connectivity index (χ0v) is 18.5. The minimum Gasteiger partial charge on any atom is -0.370 e. The number of anilines is 2. The van der Waals surface area contributed by atoms with Gasteiger partial charge in [-0.15, -0.1) is 0 Å². The number of hydrogen-bond acceptors (Lipinski definition) is 7. The number of rotatable bonds is 7. The fourth-order valence-corrected chi connectivity index (χ4v) is 3.88. The number of amides is 1. The summed E-state index contributed by atoms with van der Waals surface area (Å²) in [6.45, 7) is 5.61. The van der Waals surface area contributed by atoms with Crippen molar-refractivity contribution in [2.75, 3.05) is 30.7 Å². The Labute approximate surface area is 182 Å². The van der Waals surface area contributed by atoms with Crippen LogP contribution in [0.15, 0.2) is 41.3 Å². The molecule has 10 heteroatoms. The van der Waals surface area contributed by atoms with Crippen molar-refractivity contribution in [1.82, 2.24) is 14.9 Å². The average Bonchev–Trinajstić information content (AvgIpc) is 2.72. The van der Waals surface area contributed by atoms with Gasteiger partial charge in [-0.2, -0.15) is 4.98 Å². The molecule has 0 bridgehead atoms. The van der Waals surface area contributed by atoms with Crippen LogP contribution in [0.5, 0.6) is 0 Å². The van der Waals surface area contributed by atoms with E-state index in [1.165, 1.54) is 12.1 Å². The Bertz CT molecular complexity index is 1080. The van der Waals surface area contributed by atoms with E-state index in [9.17, 15) is 13.2 Å². The van der Waals surface area contributed by atoms with Crippen molar-refractivity contribution >= 4 is 33.3 Å². The van der Waals surface area contributed by atoms with E-state index >= 15 is 0 Å². The van der Waals surface area contributed by atoms with Crippen LogP contribution < -0.4 is 16.2 Å². The van der Waals surface area contributed by atoms with Crippen LogP contribution in [0.25, 0.3) is 5.57 Å². The number of nitrogen functional groups attached to an aromatic ring is 1. The highest BCUT2D eigenvalue weighted by Gasteiger charge is 2.21. The summed E-state index contributed by atoms with van der Waals surface area (Å²) < 4.78 is 22.7. The van der Waals surface area contributed by atoms with Gasteiger partial charge in [-0.25, -0.2) is 18.5 Å². The van der Waals surface area contributed by atoms with Gasteiger partial charge in [0, 0.05) is 31.6 Å². The molecule has 0 saturated carbocycles. The molecule has 2 aromatic rings. The first-order chi connectivity index (χ1) is 14.6. The molecule has 31 heavy (non-hydrogen) atoms. The van der Waals surface area contributed by atoms with Gasteiger partial charge in [0.2, 0.25) is 21.9 Å². The molecule has 1 aromatic heterocycles. The number of hydrogen-bond donors (Lipinski definition) is 3. The van der Waals surface area contributed by atoms with Gasteiger partial charge in [-0.3, -0.25) is 4.79 Å². The largest absolute Gasteiger partial charge is 0.370 e. The zero-order valence-electron chi connectivity index (χ0n) is 17.7. The van der Waals surface area contributed by atoms with Crippen LogP contribution in [0.1, 0.15) is 31.5 Å². The summed E-state index contributed by atoms with van der Waals surface area (Å²) in [4.78, 5) is 22.7. The van der Waals surface area contributed by atoms with Crippen LogP contribution in [0, 0.1) is 5.92 Å². The fourth-order valence-electron chi connectivity index (χ4n) is 3.37. The van der Waals surface area contributed by atoms with E-state index in [0.29, 0.717) is 38.3 Å². The Hall–Kier alpha value is -2.98. The molecule has 1 aromatic carbocycles. The number of aromatic nitrogens is 2. The van der Waals surface area contributed by atoms with Crippen molar-refractivity contribution in [2.24, 2.45) is 11.1 Å². The van der Waals surface area contributed by atoms with E-state index in [1.54, 1.807) is 12.1 Å². The van der Waals surface area contributed by atoms with Gasteiger partial charge in [-0.05, 0) is 36.1 Å². The molecule has 1 amide bonds. The lowest BCUT2D eigenvalue weighted by Gasteiger charge is -2.28. The first kappa shape index (κ1) is 22.7. The summed E-state index contributed by atoms with van der Waals surface area (Å²) in [6, 6.07) is 8.31. The molecular weight excluding hydrogens is 416 g/mol. The van der Waals surface area contributed by atoms with Crippen LogP contribution in [0.3, 0.4) is 0 Å². The molecular formula is C21H28N6O3S. The molecule has 1 aliphatic heterocycles. The molecule has 0 atom stereocenters. The van der Waals surface area contributed by atoms with Crippen LogP contribution in [-0.2, 0) is 21.2 Å².